The lowest BCUT2D eigenvalue weighted by atomic mass is 10.1. The molecule has 28 heavy (non-hydrogen) atoms. The maximum absolute atomic E-state index is 13.3. The zero-order valence-corrected chi connectivity index (χ0v) is 16.5. The topological polar surface area (TPSA) is 63.9 Å². The number of carbonyl (C=O) groups excluding carboxylic acids is 1. The average molecular weight is 394 g/mol. The van der Waals surface area contributed by atoms with Gasteiger partial charge in [0.15, 0.2) is 0 Å². The molecule has 0 spiro atoms. The number of nitrogens with zero attached hydrogens (tertiary/aromatic N) is 5. The molecule has 0 N–H and O–H groups in total. The average Bonchev–Trinajstić information content (AvgIpc) is 3.20. The van der Waals surface area contributed by atoms with E-state index in [0.29, 0.717) is 11.7 Å². The summed E-state index contributed by atoms with van der Waals surface area (Å²) in [5.41, 5.74) is 2.10. The Balaban J connectivity index is 1.58. The maximum atomic E-state index is 13.3. The van der Waals surface area contributed by atoms with Crippen LogP contribution in [0.25, 0.3) is 0 Å². The number of hydrogen-bond donors (Lipinski definition) is 0. The highest BCUT2D eigenvalue weighted by Gasteiger charge is 2.29. The predicted octanol–water partition coefficient (Wildman–Crippen LogP) is 3.57. The molecule has 2 aromatic carbocycles. The van der Waals surface area contributed by atoms with Crippen molar-refractivity contribution in [1.29, 1.82) is 0 Å². The van der Waals surface area contributed by atoms with Crippen LogP contribution < -0.4 is 0 Å². The number of thioether (sulfide) groups is 1. The number of piperidine rings is 1. The molecule has 144 valence electrons. The number of amides is 1. The second-order valence-corrected chi connectivity index (χ2v) is 7.97. The fourth-order valence-corrected chi connectivity index (χ4v) is 4.47. The van der Waals surface area contributed by atoms with E-state index in [4.69, 9.17) is 0 Å². The van der Waals surface area contributed by atoms with Gasteiger partial charge in [-0.25, -0.2) is 4.68 Å². The Hall–Kier alpha value is -2.67. The Morgan fingerprint density at radius 1 is 0.964 bits per heavy atom. The van der Waals surface area contributed by atoms with E-state index in [9.17, 15) is 4.79 Å². The normalized spacial score (nSPS) is 15.4. The lowest BCUT2D eigenvalue weighted by Crippen LogP contribution is -2.38. The third-order valence-corrected chi connectivity index (χ3v) is 6.10. The van der Waals surface area contributed by atoms with E-state index in [2.05, 4.69) is 15.5 Å². The fourth-order valence-electron chi connectivity index (χ4n) is 3.41. The monoisotopic (exact) mass is 393 g/mol. The molecule has 2 heterocycles. The van der Waals surface area contributed by atoms with Gasteiger partial charge in [0.05, 0.1) is 6.54 Å². The first-order chi connectivity index (χ1) is 13.8. The highest BCUT2D eigenvalue weighted by molar-refractivity contribution is 8.00. The molecule has 3 aromatic rings. The van der Waals surface area contributed by atoms with Crippen LogP contribution in [0.3, 0.4) is 0 Å². The van der Waals surface area contributed by atoms with Gasteiger partial charge in [0.25, 0.3) is 0 Å². The van der Waals surface area contributed by atoms with Crippen LogP contribution in [-0.2, 0) is 11.3 Å². The minimum atomic E-state index is -0.347. The van der Waals surface area contributed by atoms with Gasteiger partial charge in [-0.2, -0.15) is 0 Å². The van der Waals surface area contributed by atoms with E-state index in [-0.39, 0.29) is 11.2 Å². The van der Waals surface area contributed by atoms with Crippen LogP contribution in [-0.4, -0.2) is 44.1 Å². The van der Waals surface area contributed by atoms with Crippen LogP contribution in [0.5, 0.6) is 0 Å². The van der Waals surface area contributed by atoms with Crippen molar-refractivity contribution in [3.63, 3.8) is 0 Å². The lowest BCUT2D eigenvalue weighted by molar-refractivity contribution is -0.131. The molecule has 1 fully saturated rings. The minimum absolute atomic E-state index is 0.144. The van der Waals surface area contributed by atoms with Gasteiger partial charge in [0, 0.05) is 13.1 Å². The number of benzene rings is 2. The van der Waals surface area contributed by atoms with E-state index in [0.717, 1.165) is 37.1 Å². The quantitative estimate of drug-likeness (QED) is 0.599. The van der Waals surface area contributed by atoms with Crippen molar-refractivity contribution in [3.05, 3.63) is 71.8 Å². The van der Waals surface area contributed by atoms with Crippen molar-refractivity contribution in [1.82, 2.24) is 25.1 Å². The van der Waals surface area contributed by atoms with Gasteiger partial charge in [0.1, 0.15) is 5.25 Å². The molecule has 1 aliphatic heterocycles. The molecule has 0 unspecified atom stereocenters. The molecule has 0 aliphatic carbocycles. The summed E-state index contributed by atoms with van der Waals surface area (Å²) in [4.78, 5) is 15.3. The Bertz CT molecular complexity index is 893. The van der Waals surface area contributed by atoms with Crippen LogP contribution in [0.15, 0.2) is 65.8 Å². The van der Waals surface area contributed by atoms with E-state index in [1.807, 2.05) is 65.6 Å². The third-order valence-electron chi connectivity index (χ3n) is 4.89. The number of tetrazole rings is 1. The van der Waals surface area contributed by atoms with E-state index in [1.54, 1.807) is 4.68 Å². The van der Waals surface area contributed by atoms with Crippen molar-refractivity contribution in [3.8, 4) is 0 Å². The first-order valence-electron chi connectivity index (χ1n) is 9.62. The molecule has 1 saturated heterocycles. The van der Waals surface area contributed by atoms with Gasteiger partial charge in [-0.3, -0.25) is 4.79 Å². The summed E-state index contributed by atoms with van der Waals surface area (Å²) in [6.07, 6.45) is 3.34. The fraction of sp³-hybridized carbons (Fsp3) is 0.333. The molecule has 1 atom stereocenters. The van der Waals surface area contributed by atoms with Crippen molar-refractivity contribution in [2.24, 2.45) is 0 Å². The molecule has 0 saturated carbocycles. The van der Waals surface area contributed by atoms with Gasteiger partial charge >= 0.3 is 0 Å². The second kappa shape index (κ2) is 9.01. The summed E-state index contributed by atoms with van der Waals surface area (Å²) < 4.78 is 1.76. The van der Waals surface area contributed by atoms with Crippen LogP contribution in [0.1, 0.15) is 35.6 Å². The van der Waals surface area contributed by atoms with Crippen molar-refractivity contribution in [2.45, 2.75) is 36.2 Å². The zero-order valence-electron chi connectivity index (χ0n) is 15.6. The van der Waals surface area contributed by atoms with Gasteiger partial charge in [-0.05, 0) is 40.8 Å². The van der Waals surface area contributed by atoms with Gasteiger partial charge in [-0.1, -0.05) is 72.4 Å². The Kier molecular flexibility index (Phi) is 6.01. The Morgan fingerprint density at radius 3 is 2.36 bits per heavy atom. The maximum Gasteiger partial charge on any atom is 0.240 e. The molecular weight excluding hydrogens is 370 g/mol. The molecule has 6 nitrogen and oxygen atoms in total. The van der Waals surface area contributed by atoms with Crippen molar-refractivity contribution < 1.29 is 4.79 Å². The van der Waals surface area contributed by atoms with E-state index < -0.39 is 0 Å². The van der Waals surface area contributed by atoms with Crippen LogP contribution >= 0.6 is 11.8 Å². The van der Waals surface area contributed by atoms with Gasteiger partial charge in [-0.15, -0.1) is 5.10 Å². The number of carbonyl (C=O) groups is 1. The largest absolute Gasteiger partial charge is 0.341 e. The first kappa shape index (κ1) is 18.7. The minimum Gasteiger partial charge on any atom is -0.341 e. The van der Waals surface area contributed by atoms with Crippen molar-refractivity contribution >= 4 is 17.7 Å². The summed E-state index contributed by atoms with van der Waals surface area (Å²) >= 11 is 1.43. The zero-order chi connectivity index (χ0) is 19.2. The molecule has 1 amide bonds. The molecule has 1 aliphatic rings. The summed E-state index contributed by atoms with van der Waals surface area (Å²) in [6.45, 7) is 2.24. The molecule has 0 radical (unpaired) electrons. The number of rotatable bonds is 6. The summed E-state index contributed by atoms with van der Waals surface area (Å²) in [5, 5.41) is 12.5. The van der Waals surface area contributed by atoms with Crippen LogP contribution in [0, 0.1) is 0 Å². The second-order valence-electron chi connectivity index (χ2n) is 6.90. The summed E-state index contributed by atoms with van der Waals surface area (Å²) in [7, 11) is 0. The van der Waals surface area contributed by atoms with Crippen LogP contribution in [0.2, 0.25) is 0 Å². The number of aromatic nitrogens is 4. The smallest absolute Gasteiger partial charge is 0.240 e. The predicted molar refractivity (Wildman–Crippen MR) is 109 cm³/mol. The highest BCUT2D eigenvalue weighted by Crippen LogP contribution is 2.36. The first-order valence-corrected chi connectivity index (χ1v) is 10.5. The van der Waals surface area contributed by atoms with Crippen molar-refractivity contribution in [2.75, 3.05) is 13.1 Å². The standard InChI is InChI=1S/C21H23N5OS/c27-20(25-14-8-3-9-15-25)19(18-12-6-2-7-13-18)28-21-22-23-24-26(21)16-17-10-4-1-5-11-17/h1-2,4-7,10-13,19H,3,8-9,14-16H2/t19-/m1/s1. The SMILES string of the molecule is O=C([C@H](Sc1nnnn1Cc1ccccc1)c1ccccc1)N1CCCCC1. The van der Waals surface area contributed by atoms with E-state index in [1.165, 1.54) is 18.2 Å². The van der Waals surface area contributed by atoms with E-state index >= 15 is 0 Å². The Morgan fingerprint density at radius 2 is 1.64 bits per heavy atom. The molecular formula is C21H23N5OS. The Labute approximate surface area is 168 Å². The van der Waals surface area contributed by atoms with Crippen LogP contribution in [0.4, 0.5) is 0 Å². The summed E-state index contributed by atoms with van der Waals surface area (Å²) in [5.74, 6) is 0.144. The molecule has 1 aromatic heterocycles. The molecule has 7 heteroatoms. The number of hydrogen-bond acceptors (Lipinski definition) is 5. The molecule has 4 rings (SSSR count). The van der Waals surface area contributed by atoms with Gasteiger partial charge in [0.2, 0.25) is 11.1 Å². The highest BCUT2D eigenvalue weighted by atomic mass is 32.2. The molecule has 0 bridgehead atoms. The number of likely N-dealkylation sites (tertiary alicyclic amines) is 1. The lowest BCUT2D eigenvalue weighted by Gasteiger charge is -2.30. The summed E-state index contributed by atoms with van der Waals surface area (Å²) in [6, 6.07) is 20.0. The third kappa shape index (κ3) is 4.42. The van der Waals surface area contributed by atoms with Gasteiger partial charge < -0.3 is 4.90 Å².